The van der Waals surface area contributed by atoms with E-state index in [-0.39, 0.29) is 5.78 Å². The Labute approximate surface area is 73.9 Å². The third-order valence-corrected chi connectivity index (χ3v) is 2.50. The molecule has 2 rings (SSSR count). The lowest BCUT2D eigenvalue weighted by Gasteiger charge is -1.93. The molecule has 12 heavy (non-hydrogen) atoms. The van der Waals surface area contributed by atoms with Gasteiger partial charge in [0.2, 0.25) is 0 Å². The maximum atomic E-state index is 11.0. The number of pyridine rings is 1. The van der Waals surface area contributed by atoms with Crippen molar-refractivity contribution in [3.8, 4) is 0 Å². The van der Waals surface area contributed by atoms with Gasteiger partial charge in [-0.05, 0) is 23.6 Å². The predicted molar refractivity (Wildman–Crippen MR) is 49.6 cm³/mol. The summed E-state index contributed by atoms with van der Waals surface area (Å²) in [6, 6.07) is 5.68. The fourth-order valence-corrected chi connectivity index (χ4v) is 1.81. The molecule has 0 bridgehead atoms. The zero-order valence-corrected chi connectivity index (χ0v) is 7.39. The Balaban J connectivity index is 2.68. The van der Waals surface area contributed by atoms with Gasteiger partial charge in [-0.3, -0.25) is 4.79 Å². The van der Waals surface area contributed by atoms with Crippen LogP contribution in [0.3, 0.4) is 0 Å². The number of carbonyl (C=O) groups is 1. The Morgan fingerprint density at radius 1 is 1.42 bits per heavy atom. The monoisotopic (exact) mass is 177 g/mol. The molecule has 0 fully saturated rings. The van der Waals surface area contributed by atoms with Gasteiger partial charge in [-0.25, -0.2) is 4.98 Å². The first kappa shape index (κ1) is 7.43. The van der Waals surface area contributed by atoms with E-state index in [2.05, 4.69) is 4.98 Å². The van der Waals surface area contributed by atoms with Gasteiger partial charge in [0.1, 0.15) is 10.5 Å². The average Bonchev–Trinajstić information content (AvgIpc) is 2.49. The highest BCUT2D eigenvalue weighted by molar-refractivity contribution is 7.16. The Morgan fingerprint density at radius 2 is 2.25 bits per heavy atom. The third kappa shape index (κ3) is 1.12. The first-order valence-electron chi connectivity index (χ1n) is 3.62. The van der Waals surface area contributed by atoms with E-state index in [1.807, 2.05) is 17.5 Å². The summed E-state index contributed by atoms with van der Waals surface area (Å²) in [5, 5.41) is 3.08. The molecule has 0 aromatic carbocycles. The van der Waals surface area contributed by atoms with E-state index in [1.54, 1.807) is 17.4 Å². The fourth-order valence-electron chi connectivity index (χ4n) is 1.04. The van der Waals surface area contributed by atoms with Crippen molar-refractivity contribution >= 4 is 27.3 Å². The van der Waals surface area contributed by atoms with Crippen LogP contribution in [-0.4, -0.2) is 10.8 Å². The largest absolute Gasteiger partial charge is 0.293 e. The highest BCUT2D eigenvalue weighted by atomic mass is 32.1. The molecule has 0 unspecified atom stereocenters. The predicted octanol–water partition coefficient (Wildman–Crippen LogP) is 2.50. The molecule has 2 aromatic rings. The van der Waals surface area contributed by atoms with Crippen molar-refractivity contribution in [2.24, 2.45) is 0 Å². The Morgan fingerprint density at radius 3 is 3.00 bits per heavy atom. The van der Waals surface area contributed by atoms with Crippen LogP contribution in [0.1, 0.15) is 17.4 Å². The summed E-state index contributed by atoms with van der Waals surface area (Å²) in [6.45, 7) is 1.53. The van der Waals surface area contributed by atoms with Crippen molar-refractivity contribution in [1.29, 1.82) is 0 Å². The number of hydrogen-bond donors (Lipinski definition) is 0. The minimum absolute atomic E-state index is 0.0188. The van der Waals surface area contributed by atoms with Crippen molar-refractivity contribution in [3.05, 3.63) is 29.3 Å². The van der Waals surface area contributed by atoms with E-state index in [1.165, 1.54) is 6.92 Å². The molecule has 3 heteroatoms. The molecule has 0 N–H and O–H groups in total. The first-order chi connectivity index (χ1) is 5.77. The molecule has 0 amide bonds. The van der Waals surface area contributed by atoms with Gasteiger partial charge in [0.15, 0.2) is 5.78 Å². The van der Waals surface area contributed by atoms with Gasteiger partial charge in [-0.1, -0.05) is 0 Å². The molecule has 2 nitrogen and oxygen atoms in total. The number of thiophene rings is 1. The molecule has 0 atom stereocenters. The lowest BCUT2D eigenvalue weighted by Crippen LogP contribution is -1.94. The average molecular weight is 177 g/mol. The van der Waals surface area contributed by atoms with Crippen LogP contribution < -0.4 is 0 Å². The molecular formula is C9H7NOS. The number of rotatable bonds is 1. The van der Waals surface area contributed by atoms with E-state index < -0.39 is 0 Å². The number of Topliss-reactive ketones (excluding diaryl/α,β-unsaturated/α-hetero) is 1. The quantitative estimate of drug-likeness (QED) is 0.626. The van der Waals surface area contributed by atoms with Crippen molar-refractivity contribution in [1.82, 2.24) is 4.98 Å². The molecule has 0 aliphatic heterocycles. The standard InChI is InChI=1S/C9H7NOS/c1-6(11)8-3-2-7-4-5-12-9(7)10-8/h2-5H,1H3. The van der Waals surface area contributed by atoms with Crippen LogP contribution in [0.25, 0.3) is 10.2 Å². The highest BCUT2D eigenvalue weighted by Crippen LogP contribution is 2.18. The molecule has 60 valence electrons. The first-order valence-corrected chi connectivity index (χ1v) is 4.50. The van der Waals surface area contributed by atoms with Gasteiger partial charge in [0, 0.05) is 12.3 Å². The highest BCUT2D eigenvalue weighted by Gasteiger charge is 2.02. The van der Waals surface area contributed by atoms with Crippen LogP contribution in [0, 0.1) is 0 Å². The lowest BCUT2D eigenvalue weighted by molar-refractivity contribution is 0.101. The maximum absolute atomic E-state index is 11.0. The molecule has 0 saturated carbocycles. The topological polar surface area (TPSA) is 30.0 Å². The number of fused-ring (bicyclic) bond motifs is 1. The summed E-state index contributed by atoms with van der Waals surface area (Å²) in [7, 11) is 0. The zero-order valence-electron chi connectivity index (χ0n) is 6.57. The number of hydrogen-bond acceptors (Lipinski definition) is 3. The Hall–Kier alpha value is -1.22. The summed E-state index contributed by atoms with van der Waals surface area (Å²) in [4.78, 5) is 16.1. The molecule has 0 spiro atoms. The van der Waals surface area contributed by atoms with E-state index in [0.29, 0.717) is 5.69 Å². The molecule has 0 aliphatic carbocycles. The smallest absolute Gasteiger partial charge is 0.178 e. The molecule has 0 saturated heterocycles. The number of aromatic nitrogens is 1. The Bertz CT molecular complexity index is 433. The summed E-state index contributed by atoms with van der Waals surface area (Å²) in [5.74, 6) is 0.0188. The van der Waals surface area contributed by atoms with Crippen molar-refractivity contribution in [2.75, 3.05) is 0 Å². The number of carbonyl (C=O) groups excluding carboxylic acids is 1. The molecule has 2 aromatic heterocycles. The third-order valence-electron chi connectivity index (χ3n) is 1.68. The van der Waals surface area contributed by atoms with Gasteiger partial charge in [-0.15, -0.1) is 11.3 Å². The van der Waals surface area contributed by atoms with E-state index in [0.717, 1.165) is 10.2 Å². The van der Waals surface area contributed by atoms with E-state index in [9.17, 15) is 4.79 Å². The van der Waals surface area contributed by atoms with Crippen LogP contribution in [-0.2, 0) is 0 Å². The maximum Gasteiger partial charge on any atom is 0.178 e. The van der Waals surface area contributed by atoms with Gasteiger partial charge in [0.05, 0.1) is 0 Å². The van der Waals surface area contributed by atoms with Crippen molar-refractivity contribution in [3.63, 3.8) is 0 Å². The van der Waals surface area contributed by atoms with E-state index >= 15 is 0 Å². The molecule has 0 radical (unpaired) electrons. The number of ketones is 1. The van der Waals surface area contributed by atoms with Gasteiger partial charge >= 0.3 is 0 Å². The zero-order chi connectivity index (χ0) is 8.55. The minimum atomic E-state index is 0.0188. The second kappa shape index (κ2) is 2.68. The minimum Gasteiger partial charge on any atom is -0.293 e. The van der Waals surface area contributed by atoms with Crippen LogP contribution in [0.4, 0.5) is 0 Å². The molecular weight excluding hydrogens is 170 g/mol. The summed E-state index contributed by atoms with van der Waals surface area (Å²) < 4.78 is 0. The molecule has 0 aliphatic rings. The SMILES string of the molecule is CC(=O)c1ccc2ccsc2n1. The second-order valence-electron chi connectivity index (χ2n) is 2.57. The van der Waals surface area contributed by atoms with Gasteiger partial charge in [-0.2, -0.15) is 0 Å². The number of nitrogens with zero attached hydrogens (tertiary/aromatic N) is 1. The van der Waals surface area contributed by atoms with Gasteiger partial charge in [0.25, 0.3) is 0 Å². The van der Waals surface area contributed by atoms with Crippen LogP contribution in [0.2, 0.25) is 0 Å². The van der Waals surface area contributed by atoms with Crippen LogP contribution in [0.5, 0.6) is 0 Å². The fraction of sp³-hybridized carbons (Fsp3) is 0.111. The van der Waals surface area contributed by atoms with Crippen molar-refractivity contribution < 1.29 is 4.79 Å². The van der Waals surface area contributed by atoms with Crippen LogP contribution in [0.15, 0.2) is 23.6 Å². The normalized spacial score (nSPS) is 10.4. The Kier molecular flexibility index (Phi) is 1.66. The molecule has 2 heterocycles. The van der Waals surface area contributed by atoms with Crippen molar-refractivity contribution in [2.45, 2.75) is 6.92 Å². The van der Waals surface area contributed by atoms with E-state index in [4.69, 9.17) is 0 Å². The summed E-state index contributed by atoms with van der Waals surface area (Å²) >= 11 is 1.56. The van der Waals surface area contributed by atoms with Crippen LogP contribution >= 0.6 is 11.3 Å². The second-order valence-corrected chi connectivity index (χ2v) is 3.46. The summed E-state index contributed by atoms with van der Waals surface area (Å²) in [5.41, 5.74) is 0.546. The van der Waals surface area contributed by atoms with Gasteiger partial charge < -0.3 is 0 Å². The lowest BCUT2D eigenvalue weighted by atomic mass is 10.2. The summed E-state index contributed by atoms with van der Waals surface area (Å²) in [6.07, 6.45) is 0.